The minimum absolute atomic E-state index is 0.00427. The highest BCUT2D eigenvalue weighted by atomic mass is 19.1. The number of nitrogens with zero attached hydrogens (tertiary/aromatic N) is 1. The fourth-order valence-corrected chi connectivity index (χ4v) is 3.25. The van der Waals surface area contributed by atoms with Crippen molar-refractivity contribution in [1.29, 1.82) is 0 Å². The summed E-state index contributed by atoms with van der Waals surface area (Å²) in [4.78, 5) is 26.3. The van der Waals surface area contributed by atoms with Crippen molar-refractivity contribution in [1.82, 2.24) is 5.32 Å². The lowest BCUT2D eigenvalue weighted by molar-refractivity contribution is -0.117. The Morgan fingerprint density at radius 2 is 1.74 bits per heavy atom. The van der Waals surface area contributed by atoms with Gasteiger partial charge in [-0.15, -0.1) is 0 Å². The van der Waals surface area contributed by atoms with Crippen LogP contribution in [0, 0.1) is 11.7 Å². The normalized spacial score (nSPS) is 17.3. The van der Waals surface area contributed by atoms with E-state index in [0.717, 1.165) is 0 Å². The third kappa shape index (κ3) is 4.54. The van der Waals surface area contributed by atoms with E-state index in [0.29, 0.717) is 30.8 Å². The molecule has 1 heterocycles. The van der Waals surface area contributed by atoms with Crippen molar-refractivity contribution < 1.29 is 14.0 Å². The number of carbonyl (C=O) groups excluding carboxylic acids is 2. The lowest BCUT2D eigenvalue weighted by Crippen LogP contribution is -2.31. The molecule has 1 atom stereocenters. The number of hydrogen-bond donors (Lipinski definition) is 1. The van der Waals surface area contributed by atoms with Gasteiger partial charge in [-0.25, -0.2) is 4.39 Å². The van der Waals surface area contributed by atoms with Gasteiger partial charge < -0.3 is 10.2 Å². The number of anilines is 1. The van der Waals surface area contributed by atoms with Gasteiger partial charge in [0, 0.05) is 36.7 Å². The molecule has 0 bridgehead atoms. The van der Waals surface area contributed by atoms with E-state index in [1.54, 1.807) is 17.0 Å². The van der Waals surface area contributed by atoms with Gasteiger partial charge in [0.2, 0.25) is 5.91 Å². The number of nitrogens with one attached hydrogen (secondary N) is 1. The zero-order valence-corrected chi connectivity index (χ0v) is 16.0. The highest BCUT2D eigenvalue weighted by Crippen LogP contribution is 2.25. The van der Waals surface area contributed by atoms with Crippen LogP contribution in [0.25, 0.3) is 0 Å². The summed E-state index contributed by atoms with van der Waals surface area (Å²) >= 11 is 0. The number of halogens is 1. The van der Waals surface area contributed by atoms with Gasteiger partial charge in [-0.05, 0) is 47.4 Å². The van der Waals surface area contributed by atoms with Crippen molar-refractivity contribution in [3.8, 4) is 0 Å². The average Bonchev–Trinajstić information content (AvgIpc) is 3.00. The Kier molecular flexibility index (Phi) is 5.31. The summed E-state index contributed by atoms with van der Waals surface area (Å²) in [5.41, 5.74) is 2.52. The molecular formula is C22H25FN2O2. The van der Waals surface area contributed by atoms with E-state index in [1.807, 2.05) is 24.3 Å². The summed E-state index contributed by atoms with van der Waals surface area (Å²) in [6.45, 7) is 7.35. The molecule has 1 unspecified atom stereocenters. The molecule has 0 saturated carbocycles. The summed E-state index contributed by atoms with van der Waals surface area (Å²) in [5, 5.41) is 2.92. The molecule has 1 N–H and O–H groups in total. The van der Waals surface area contributed by atoms with E-state index in [2.05, 4.69) is 26.1 Å². The molecule has 1 aliphatic heterocycles. The van der Waals surface area contributed by atoms with E-state index in [4.69, 9.17) is 0 Å². The van der Waals surface area contributed by atoms with Gasteiger partial charge >= 0.3 is 0 Å². The molecule has 5 heteroatoms. The molecule has 2 aromatic rings. The SMILES string of the molecule is CC(C)(C)c1ccc(C(=O)NCC2CC(=O)N(c3ccc(F)cc3)C2)cc1. The van der Waals surface area contributed by atoms with Gasteiger partial charge in [0.1, 0.15) is 5.82 Å². The predicted octanol–water partition coefficient (Wildman–Crippen LogP) is 3.91. The molecule has 2 aromatic carbocycles. The van der Waals surface area contributed by atoms with E-state index in [-0.39, 0.29) is 29.0 Å². The lowest BCUT2D eigenvalue weighted by atomic mass is 9.87. The summed E-state index contributed by atoms with van der Waals surface area (Å²) < 4.78 is 13.1. The standard InChI is InChI=1S/C22H25FN2O2/c1-22(2,3)17-6-4-16(5-7-17)21(27)24-13-15-12-20(26)25(14-15)19-10-8-18(23)9-11-19/h4-11,15H,12-14H2,1-3H3,(H,24,27). The van der Waals surface area contributed by atoms with Crippen LogP contribution < -0.4 is 10.2 Å². The second-order valence-electron chi connectivity index (χ2n) is 8.09. The van der Waals surface area contributed by atoms with Crippen molar-refractivity contribution >= 4 is 17.5 Å². The van der Waals surface area contributed by atoms with Crippen LogP contribution in [-0.2, 0) is 10.2 Å². The zero-order valence-electron chi connectivity index (χ0n) is 16.0. The number of carbonyl (C=O) groups is 2. The molecule has 0 radical (unpaired) electrons. The van der Waals surface area contributed by atoms with Gasteiger partial charge in [-0.3, -0.25) is 9.59 Å². The molecule has 4 nitrogen and oxygen atoms in total. The first-order valence-electron chi connectivity index (χ1n) is 9.19. The smallest absolute Gasteiger partial charge is 0.251 e. The molecule has 0 spiro atoms. The first kappa shape index (κ1) is 19.1. The minimum Gasteiger partial charge on any atom is -0.352 e. The summed E-state index contributed by atoms with van der Waals surface area (Å²) in [7, 11) is 0. The van der Waals surface area contributed by atoms with Crippen LogP contribution >= 0.6 is 0 Å². The van der Waals surface area contributed by atoms with Gasteiger partial charge in [0.05, 0.1) is 0 Å². The second-order valence-corrected chi connectivity index (χ2v) is 8.09. The van der Waals surface area contributed by atoms with Crippen LogP contribution in [-0.4, -0.2) is 24.9 Å². The van der Waals surface area contributed by atoms with E-state index in [1.165, 1.54) is 17.7 Å². The molecule has 3 rings (SSSR count). The maximum Gasteiger partial charge on any atom is 0.251 e. The topological polar surface area (TPSA) is 49.4 Å². The van der Waals surface area contributed by atoms with Gasteiger partial charge in [-0.2, -0.15) is 0 Å². The Morgan fingerprint density at radius 3 is 2.33 bits per heavy atom. The molecule has 1 saturated heterocycles. The van der Waals surface area contributed by atoms with E-state index < -0.39 is 0 Å². The van der Waals surface area contributed by atoms with Gasteiger partial charge in [0.25, 0.3) is 5.91 Å². The molecule has 2 amide bonds. The Bertz CT molecular complexity index is 823. The molecule has 142 valence electrons. The number of hydrogen-bond acceptors (Lipinski definition) is 2. The summed E-state index contributed by atoms with van der Waals surface area (Å²) in [5.74, 6) is -0.425. The minimum atomic E-state index is -0.327. The van der Waals surface area contributed by atoms with Crippen molar-refractivity contribution in [2.24, 2.45) is 5.92 Å². The second kappa shape index (κ2) is 7.51. The molecule has 27 heavy (non-hydrogen) atoms. The predicted molar refractivity (Wildman–Crippen MR) is 104 cm³/mol. The van der Waals surface area contributed by atoms with Crippen LogP contribution in [0.15, 0.2) is 48.5 Å². The van der Waals surface area contributed by atoms with Crippen LogP contribution in [0.2, 0.25) is 0 Å². The van der Waals surface area contributed by atoms with Crippen molar-refractivity contribution in [2.45, 2.75) is 32.6 Å². The largest absolute Gasteiger partial charge is 0.352 e. The molecular weight excluding hydrogens is 343 g/mol. The average molecular weight is 368 g/mol. The Labute approximate surface area is 159 Å². The lowest BCUT2D eigenvalue weighted by Gasteiger charge is -2.19. The van der Waals surface area contributed by atoms with Crippen LogP contribution in [0.5, 0.6) is 0 Å². The summed E-state index contributed by atoms with van der Waals surface area (Å²) in [6.07, 6.45) is 0.376. The third-order valence-corrected chi connectivity index (χ3v) is 4.91. The fourth-order valence-electron chi connectivity index (χ4n) is 3.25. The Morgan fingerprint density at radius 1 is 1.11 bits per heavy atom. The van der Waals surface area contributed by atoms with Crippen LogP contribution in [0.1, 0.15) is 43.1 Å². The maximum atomic E-state index is 13.1. The number of amides is 2. The molecule has 0 aromatic heterocycles. The van der Waals surface area contributed by atoms with Crippen molar-refractivity contribution in [3.05, 3.63) is 65.5 Å². The third-order valence-electron chi connectivity index (χ3n) is 4.91. The molecule has 0 aliphatic carbocycles. The highest BCUT2D eigenvalue weighted by Gasteiger charge is 2.30. The van der Waals surface area contributed by atoms with Crippen LogP contribution in [0.3, 0.4) is 0 Å². The number of benzene rings is 2. The van der Waals surface area contributed by atoms with Crippen molar-refractivity contribution in [2.75, 3.05) is 18.0 Å². The Balaban J connectivity index is 1.56. The zero-order chi connectivity index (χ0) is 19.6. The molecule has 1 fully saturated rings. The summed E-state index contributed by atoms with van der Waals surface area (Å²) in [6, 6.07) is 13.5. The number of rotatable bonds is 4. The maximum absolute atomic E-state index is 13.1. The van der Waals surface area contributed by atoms with Gasteiger partial charge in [0.15, 0.2) is 0 Å². The first-order chi connectivity index (χ1) is 12.7. The molecule has 1 aliphatic rings. The van der Waals surface area contributed by atoms with E-state index in [9.17, 15) is 14.0 Å². The van der Waals surface area contributed by atoms with E-state index >= 15 is 0 Å². The van der Waals surface area contributed by atoms with Crippen LogP contribution in [0.4, 0.5) is 10.1 Å². The quantitative estimate of drug-likeness (QED) is 0.890. The van der Waals surface area contributed by atoms with Gasteiger partial charge in [-0.1, -0.05) is 32.9 Å². The Hall–Kier alpha value is -2.69. The highest BCUT2D eigenvalue weighted by molar-refractivity contribution is 5.96. The monoisotopic (exact) mass is 368 g/mol. The fraction of sp³-hybridized carbons (Fsp3) is 0.364. The van der Waals surface area contributed by atoms with Crippen molar-refractivity contribution in [3.63, 3.8) is 0 Å². The first-order valence-corrected chi connectivity index (χ1v) is 9.19.